The van der Waals surface area contributed by atoms with Gasteiger partial charge in [0.2, 0.25) is 15.9 Å². The molecule has 1 heterocycles. The molecule has 1 saturated heterocycles. The van der Waals surface area contributed by atoms with Crippen LogP contribution in [-0.2, 0) is 26.0 Å². The van der Waals surface area contributed by atoms with E-state index in [0.29, 0.717) is 25.1 Å². The standard InChI is InChI=1S/C19H28N2O5S/c1-19(2,11-10-18(23)24)20-17(22)14-15-6-8-16(9-7-15)27(25,26)21-12-4-3-5-13-21/h6-9H,3-5,10-14H2,1-2H3,(H,20,22)(H,23,24). The fraction of sp³-hybridized carbons (Fsp3) is 0.579. The Morgan fingerprint density at radius 1 is 1.11 bits per heavy atom. The van der Waals surface area contributed by atoms with Crippen molar-refractivity contribution in [3.05, 3.63) is 29.8 Å². The van der Waals surface area contributed by atoms with Crippen molar-refractivity contribution in [1.29, 1.82) is 0 Å². The van der Waals surface area contributed by atoms with Crippen LogP contribution in [0.1, 0.15) is 51.5 Å². The third kappa shape index (κ3) is 6.32. The number of hydrogen-bond donors (Lipinski definition) is 2. The smallest absolute Gasteiger partial charge is 0.303 e. The van der Waals surface area contributed by atoms with E-state index >= 15 is 0 Å². The van der Waals surface area contributed by atoms with Crippen molar-refractivity contribution in [2.45, 2.75) is 62.8 Å². The van der Waals surface area contributed by atoms with E-state index < -0.39 is 21.5 Å². The Hall–Kier alpha value is -1.93. The van der Waals surface area contributed by atoms with Crippen LogP contribution in [0.3, 0.4) is 0 Å². The monoisotopic (exact) mass is 396 g/mol. The minimum atomic E-state index is -3.47. The number of benzene rings is 1. The van der Waals surface area contributed by atoms with Crippen LogP contribution in [0.4, 0.5) is 0 Å². The fourth-order valence-corrected chi connectivity index (χ4v) is 4.64. The van der Waals surface area contributed by atoms with E-state index in [2.05, 4.69) is 5.32 Å². The number of hydrogen-bond acceptors (Lipinski definition) is 4. The molecular weight excluding hydrogens is 368 g/mol. The van der Waals surface area contributed by atoms with Crippen LogP contribution in [-0.4, -0.2) is 48.3 Å². The number of nitrogens with one attached hydrogen (secondary N) is 1. The summed E-state index contributed by atoms with van der Waals surface area (Å²) in [6.45, 7) is 4.67. The maximum Gasteiger partial charge on any atom is 0.303 e. The zero-order chi connectivity index (χ0) is 20.1. The Kier molecular flexibility index (Phi) is 7.00. The van der Waals surface area contributed by atoms with Crippen molar-refractivity contribution in [3.8, 4) is 0 Å². The van der Waals surface area contributed by atoms with E-state index in [1.165, 1.54) is 4.31 Å². The molecule has 1 amide bonds. The van der Waals surface area contributed by atoms with Gasteiger partial charge in [0.1, 0.15) is 0 Å². The minimum Gasteiger partial charge on any atom is -0.481 e. The highest BCUT2D eigenvalue weighted by atomic mass is 32.2. The quantitative estimate of drug-likeness (QED) is 0.701. The molecule has 0 bridgehead atoms. The zero-order valence-electron chi connectivity index (χ0n) is 15.9. The van der Waals surface area contributed by atoms with Crippen molar-refractivity contribution in [2.24, 2.45) is 0 Å². The summed E-state index contributed by atoms with van der Waals surface area (Å²) < 4.78 is 26.8. The van der Waals surface area contributed by atoms with Crippen LogP contribution in [0, 0.1) is 0 Å². The van der Waals surface area contributed by atoms with Crippen LogP contribution in [0.5, 0.6) is 0 Å². The molecule has 150 valence electrons. The first-order valence-corrected chi connectivity index (χ1v) is 10.7. The van der Waals surface area contributed by atoms with Gasteiger partial charge in [-0.1, -0.05) is 18.6 Å². The van der Waals surface area contributed by atoms with Crippen LogP contribution in [0.25, 0.3) is 0 Å². The topological polar surface area (TPSA) is 104 Å². The van der Waals surface area contributed by atoms with E-state index in [1.807, 2.05) is 0 Å². The summed E-state index contributed by atoms with van der Waals surface area (Å²) in [7, 11) is -3.47. The molecule has 1 aliphatic heterocycles. The second-order valence-electron chi connectivity index (χ2n) is 7.61. The lowest BCUT2D eigenvalue weighted by Crippen LogP contribution is -2.44. The molecule has 0 aromatic heterocycles. The molecule has 1 aromatic carbocycles. The van der Waals surface area contributed by atoms with Gasteiger partial charge < -0.3 is 10.4 Å². The molecular formula is C19H28N2O5S. The number of carboxylic acids is 1. The second-order valence-corrected chi connectivity index (χ2v) is 9.55. The number of rotatable bonds is 8. The molecule has 0 atom stereocenters. The molecule has 1 aromatic rings. The summed E-state index contributed by atoms with van der Waals surface area (Å²) in [5.41, 5.74) is 0.0895. The van der Waals surface area contributed by atoms with Crippen molar-refractivity contribution in [3.63, 3.8) is 0 Å². The van der Waals surface area contributed by atoms with Crippen molar-refractivity contribution in [2.75, 3.05) is 13.1 Å². The summed E-state index contributed by atoms with van der Waals surface area (Å²) in [5.74, 6) is -1.13. The molecule has 1 fully saturated rings. The summed E-state index contributed by atoms with van der Waals surface area (Å²) in [5, 5.41) is 11.6. The molecule has 2 N–H and O–H groups in total. The predicted octanol–water partition coefficient (Wildman–Crippen LogP) is 2.16. The predicted molar refractivity (Wildman–Crippen MR) is 102 cm³/mol. The molecule has 27 heavy (non-hydrogen) atoms. The molecule has 0 unspecified atom stereocenters. The van der Waals surface area contributed by atoms with Crippen LogP contribution in [0.15, 0.2) is 29.2 Å². The van der Waals surface area contributed by atoms with Gasteiger partial charge in [-0.15, -0.1) is 0 Å². The lowest BCUT2D eigenvalue weighted by molar-refractivity contribution is -0.137. The molecule has 7 nitrogen and oxygen atoms in total. The molecule has 1 aliphatic rings. The van der Waals surface area contributed by atoms with Crippen molar-refractivity contribution >= 4 is 21.9 Å². The average molecular weight is 397 g/mol. The Morgan fingerprint density at radius 2 is 1.70 bits per heavy atom. The summed E-state index contributed by atoms with van der Waals surface area (Å²) in [6.07, 6.45) is 3.26. The van der Waals surface area contributed by atoms with Gasteiger partial charge in [-0.2, -0.15) is 4.31 Å². The number of aliphatic carboxylic acids is 1. The number of amides is 1. The molecule has 0 radical (unpaired) electrons. The third-order valence-electron chi connectivity index (χ3n) is 4.68. The fourth-order valence-electron chi connectivity index (χ4n) is 3.12. The average Bonchev–Trinajstić information content (AvgIpc) is 2.61. The van der Waals surface area contributed by atoms with E-state index in [-0.39, 0.29) is 23.6 Å². The highest BCUT2D eigenvalue weighted by Crippen LogP contribution is 2.21. The first-order valence-electron chi connectivity index (χ1n) is 9.22. The van der Waals surface area contributed by atoms with Gasteiger partial charge in [0.15, 0.2) is 0 Å². The van der Waals surface area contributed by atoms with Crippen LogP contribution < -0.4 is 5.32 Å². The Labute approximate surface area is 160 Å². The minimum absolute atomic E-state index is 0.0175. The number of carbonyl (C=O) groups is 2. The van der Waals surface area contributed by atoms with Crippen molar-refractivity contribution in [1.82, 2.24) is 9.62 Å². The van der Waals surface area contributed by atoms with E-state index in [9.17, 15) is 18.0 Å². The van der Waals surface area contributed by atoms with Gasteiger partial charge in [-0.25, -0.2) is 8.42 Å². The first-order chi connectivity index (χ1) is 12.6. The molecule has 2 rings (SSSR count). The maximum absolute atomic E-state index is 12.6. The van der Waals surface area contributed by atoms with Crippen LogP contribution >= 0.6 is 0 Å². The normalized spacial score (nSPS) is 16.1. The number of carboxylic acid groups (broad SMARTS) is 1. The molecule has 0 spiro atoms. The summed E-state index contributed by atoms with van der Waals surface area (Å²) >= 11 is 0. The molecule has 8 heteroatoms. The highest BCUT2D eigenvalue weighted by molar-refractivity contribution is 7.89. The third-order valence-corrected chi connectivity index (χ3v) is 6.60. The van der Waals surface area contributed by atoms with Gasteiger partial charge >= 0.3 is 5.97 Å². The number of carbonyl (C=O) groups excluding carboxylic acids is 1. The van der Waals surface area contributed by atoms with Gasteiger partial charge in [0.25, 0.3) is 0 Å². The first kappa shape index (κ1) is 21.4. The second kappa shape index (κ2) is 8.84. The summed E-state index contributed by atoms with van der Waals surface area (Å²) in [6, 6.07) is 6.39. The van der Waals surface area contributed by atoms with Crippen molar-refractivity contribution < 1.29 is 23.1 Å². The van der Waals surface area contributed by atoms with Gasteiger partial charge in [-0.3, -0.25) is 9.59 Å². The van der Waals surface area contributed by atoms with Gasteiger partial charge in [0.05, 0.1) is 11.3 Å². The largest absolute Gasteiger partial charge is 0.481 e. The van der Waals surface area contributed by atoms with E-state index in [4.69, 9.17) is 5.11 Å². The SMILES string of the molecule is CC(C)(CCC(=O)O)NC(=O)Cc1ccc(S(=O)(=O)N2CCCCC2)cc1. The van der Waals surface area contributed by atoms with Crippen LogP contribution in [0.2, 0.25) is 0 Å². The molecule has 0 saturated carbocycles. The molecule has 0 aliphatic carbocycles. The maximum atomic E-state index is 12.6. The number of nitrogens with zero attached hydrogens (tertiary/aromatic N) is 1. The Morgan fingerprint density at radius 3 is 2.26 bits per heavy atom. The lowest BCUT2D eigenvalue weighted by Gasteiger charge is -2.26. The zero-order valence-corrected chi connectivity index (χ0v) is 16.7. The lowest BCUT2D eigenvalue weighted by atomic mass is 9.98. The Bertz CT molecular complexity index is 766. The number of piperidine rings is 1. The Balaban J connectivity index is 1.96. The van der Waals surface area contributed by atoms with E-state index in [1.54, 1.807) is 38.1 Å². The highest BCUT2D eigenvalue weighted by Gasteiger charge is 2.26. The summed E-state index contributed by atoms with van der Waals surface area (Å²) in [4.78, 5) is 23.1. The number of sulfonamides is 1. The van der Waals surface area contributed by atoms with Gasteiger partial charge in [-0.05, 0) is 50.8 Å². The van der Waals surface area contributed by atoms with Gasteiger partial charge in [0, 0.05) is 25.0 Å². The van der Waals surface area contributed by atoms with E-state index in [0.717, 1.165) is 19.3 Å².